The Hall–Kier alpha value is -0.0800. The van der Waals surface area contributed by atoms with Crippen molar-refractivity contribution in [1.82, 2.24) is 5.32 Å². The third kappa shape index (κ3) is 7.31. The third-order valence-electron chi connectivity index (χ3n) is 4.59. The number of nitrogens with one attached hydrogen (secondary N) is 1. The first kappa shape index (κ1) is 17.0. The predicted octanol–water partition coefficient (Wildman–Crippen LogP) is 4.41. The smallest absolute Gasteiger partial charge is 0.0610 e. The molecule has 0 heterocycles. The summed E-state index contributed by atoms with van der Waals surface area (Å²) in [5.74, 6) is 0. The first-order chi connectivity index (χ1) is 9.20. The second-order valence-corrected chi connectivity index (χ2v) is 6.72. The highest BCUT2D eigenvalue weighted by molar-refractivity contribution is 4.86. The van der Waals surface area contributed by atoms with Crippen molar-refractivity contribution >= 4 is 0 Å². The van der Waals surface area contributed by atoms with E-state index in [0.717, 1.165) is 6.42 Å². The van der Waals surface area contributed by atoms with Crippen molar-refractivity contribution in [3.63, 3.8) is 0 Å². The van der Waals surface area contributed by atoms with Gasteiger partial charge in [-0.05, 0) is 26.2 Å². The molecule has 2 nitrogen and oxygen atoms in total. The molecule has 1 unspecified atom stereocenters. The maximum Gasteiger partial charge on any atom is 0.0610 e. The number of unbranched alkanes of at least 4 members (excludes halogenated alkanes) is 4. The Bertz CT molecular complexity index is 211. The lowest BCUT2D eigenvalue weighted by atomic mass is 9.92. The minimum atomic E-state index is -0.0543. The molecule has 1 aliphatic rings. The molecule has 0 bridgehead atoms. The third-order valence-corrected chi connectivity index (χ3v) is 4.59. The summed E-state index contributed by atoms with van der Waals surface area (Å²) in [7, 11) is 0. The molecule has 0 spiro atoms. The van der Waals surface area contributed by atoms with Gasteiger partial charge < -0.3 is 10.4 Å². The van der Waals surface area contributed by atoms with Crippen LogP contribution < -0.4 is 5.32 Å². The van der Waals surface area contributed by atoms with Crippen LogP contribution in [0.1, 0.15) is 90.9 Å². The maximum absolute atomic E-state index is 9.73. The topological polar surface area (TPSA) is 32.3 Å². The van der Waals surface area contributed by atoms with Crippen LogP contribution in [0.25, 0.3) is 0 Å². The summed E-state index contributed by atoms with van der Waals surface area (Å²) in [6.45, 7) is 4.74. The van der Waals surface area contributed by atoms with Crippen LogP contribution in [-0.4, -0.2) is 23.3 Å². The summed E-state index contributed by atoms with van der Waals surface area (Å²) in [5.41, 5.74) is -0.0543. The van der Waals surface area contributed by atoms with Crippen molar-refractivity contribution < 1.29 is 5.11 Å². The van der Waals surface area contributed by atoms with Gasteiger partial charge in [0.25, 0.3) is 0 Å². The van der Waals surface area contributed by atoms with E-state index in [1.807, 2.05) is 0 Å². The van der Waals surface area contributed by atoms with Crippen LogP contribution in [0.4, 0.5) is 0 Å². The summed E-state index contributed by atoms with van der Waals surface area (Å²) in [6.07, 6.45) is 15.8. The molecule has 1 fully saturated rings. The second-order valence-electron chi connectivity index (χ2n) is 6.72. The Balaban J connectivity index is 2.27. The first-order valence-corrected chi connectivity index (χ1v) is 8.59. The van der Waals surface area contributed by atoms with Crippen molar-refractivity contribution in [2.75, 3.05) is 6.61 Å². The van der Waals surface area contributed by atoms with Crippen LogP contribution in [0.2, 0.25) is 0 Å². The van der Waals surface area contributed by atoms with Crippen molar-refractivity contribution in [3.8, 4) is 0 Å². The van der Waals surface area contributed by atoms with E-state index >= 15 is 0 Å². The zero-order valence-electron chi connectivity index (χ0n) is 13.2. The van der Waals surface area contributed by atoms with Gasteiger partial charge in [0.1, 0.15) is 0 Å². The van der Waals surface area contributed by atoms with E-state index < -0.39 is 0 Å². The molecule has 19 heavy (non-hydrogen) atoms. The van der Waals surface area contributed by atoms with Gasteiger partial charge in [0.2, 0.25) is 0 Å². The summed E-state index contributed by atoms with van der Waals surface area (Å²) in [5, 5.41) is 13.5. The van der Waals surface area contributed by atoms with Gasteiger partial charge in [0, 0.05) is 11.6 Å². The predicted molar refractivity (Wildman–Crippen MR) is 83.5 cm³/mol. The lowest BCUT2D eigenvalue weighted by molar-refractivity contribution is 0.145. The van der Waals surface area contributed by atoms with Crippen LogP contribution in [0.3, 0.4) is 0 Å². The zero-order chi connectivity index (χ0) is 14.0. The summed E-state index contributed by atoms with van der Waals surface area (Å²) >= 11 is 0. The SMILES string of the molecule is CCCCCCCC(C)(CO)NC1CCCCCC1. The molecule has 0 aromatic heterocycles. The fourth-order valence-corrected chi connectivity index (χ4v) is 3.23. The minimum Gasteiger partial charge on any atom is -0.394 e. The molecule has 1 saturated carbocycles. The van der Waals surface area contributed by atoms with Crippen LogP contribution in [0.15, 0.2) is 0 Å². The monoisotopic (exact) mass is 269 g/mol. The molecule has 2 heteroatoms. The number of rotatable bonds is 9. The van der Waals surface area contributed by atoms with E-state index in [-0.39, 0.29) is 12.1 Å². The highest BCUT2D eigenvalue weighted by Gasteiger charge is 2.26. The first-order valence-electron chi connectivity index (χ1n) is 8.59. The highest BCUT2D eigenvalue weighted by Crippen LogP contribution is 2.22. The molecule has 0 aromatic carbocycles. The van der Waals surface area contributed by atoms with Crippen LogP contribution in [0.5, 0.6) is 0 Å². The molecular formula is C17H35NO. The fourth-order valence-electron chi connectivity index (χ4n) is 3.23. The summed E-state index contributed by atoms with van der Waals surface area (Å²) < 4.78 is 0. The van der Waals surface area contributed by atoms with E-state index in [1.165, 1.54) is 70.6 Å². The number of hydrogen-bond donors (Lipinski definition) is 2. The summed E-state index contributed by atoms with van der Waals surface area (Å²) in [4.78, 5) is 0. The molecule has 0 aromatic rings. The number of aliphatic hydroxyl groups is 1. The minimum absolute atomic E-state index is 0.0543. The van der Waals surface area contributed by atoms with Gasteiger partial charge in [-0.25, -0.2) is 0 Å². The normalized spacial score (nSPS) is 21.0. The molecule has 2 N–H and O–H groups in total. The molecule has 114 valence electrons. The lowest BCUT2D eigenvalue weighted by Gasteiger charge is -2.33. The van der Waals surface area contributed by atoms with Crippen molar-refractivity contribution in [3.05, 3.63) is 0 Å². The lowest BCUT2D eigenvalue weighted by Crippen LogP contribution is -2.50. The molecule has 0 aliphatic heterocycles. The van der Waals surface area contributed by atoms with Gasteiger partial charge in [0.05, 0.1) is 6.61 Å². The average molecular weight is 269 g/mol. The molecule has 0 amide bonds. The van der Waals surface area contributed by atoms with Gasteiger partial charge >= 0.3 is 0 Å². The Morgan fingerprint density at radius 1 is 1.00 bits per heavy atom. The Morgan fingerprint density at radius 3 is 2.21 bits per heavy atom. The largest absolute Gasteiger partial charge is 0.394 e. The molecule has 1 rings (SSSR count). The fraction of sp³-hybridized carbons (Fsp3) is 1.00. The van der Waals surface area contributed by atoms with Gasteiger partial charge in [-0.1, -0.05) is 64.7 Å². The van der Waals surface area contributed by atoms with Crippen molar-refractivity contribution in [1.29, 1.82) is 0 Å². The molecule has 0 radical (unpaired) electrons. The van der Waals surface area contributed by atoms with Crippen LogP contribution >= 0.6 is 0 Å². The highest BCUT2D eigenvalue weighted by atomic mass is 16.3. The van der Waals surface area contributed by atoms with Gasteiger partial charge in [-0.15, -0.1) is 0 Å². The standard InChI is InChI=1S/C17H35NO/c1-3-4-5-8-11-14-17(2,15-19)18-16-12-9-6-7-10-13-16/h16,18-19H,3-15H2,1-2H3. The van der Waals surface area contributed by atoms with Gasteiger partial charge in [-0.2, -0.15) is 0 Å². The van der Waals surface area contributed by atoms with Gasteiger partial charge in [-0.3, -0.25) is 0 Å². The quantitative estimate of drug-likeness (QED) is 0.480. The number of aliphatic hydroxyl groups excluding tert-OH is 1. The second kappa shape index (κ2) is 9.77. The molecule has 1 atom stereocenters. The summed E-state index contributed by atoms with van der Waals surface area (Å²) in [6, 6.07) is 0.635. The Morgan fingerprint density at radius 2 is 1.63 bits per heavy atom. The van der Waals surface area contributed by atoms with E-state index in [2.05, 4.69) is 19.2 Å². The Labute approximate surface area is 120 Å². The molecule has 0 saturated heterocycles. The van der Waals surface area contributed by atoms with Crippen LogP contribution in [-0.2, 0) is 0 Å². The number of hydrogen-bond acceptors (Lipinski definition) is 2. The maximum atomic E-state index is 9.73. The van der Waals surface area contributed by atoms with Gasteiger partial charge in [0.15, 0.2) is 0 Å². The van der Waals surface area contributed by atoms with E-state index in [1.54, 1.807) is 0 Å². The van der Waals surface area contributed by atoms with Crippen LogP contribution in [0, 0.1) is 0 Å². The van der Waals surface area contributed by atoms with Crippen molar-refractivity contribution in [2.45, 2.75) is 102 Å². The van der Waals surface area contributed by atoms with E-state index in [4.69, 9.17) is 0 Å². The van der Waals surface area contributed by atoms with E-state index in [0.29, 0.717) is 6.04 Å². The van der Waals surface area contributed by atoms with Crippen molar-refractivity contribution in [2.24, 2.45) is 0 Å². The Kier molecular flexibility index (Phi) is 8.72. The zero-order valence-corrected chi connectivity index (χ0v) is 13.2. The average Bonchev–Trinajstić information content (AvgIpc) is 2.67. The molecule has 1 aliphatic carbocycles. The molecular weight excluding hydrogens is 234 g/mol. The van der Waals surface area contributed by atoms with E-state index in [9.17, 15) is 5.11 Å².